The molecule has 0 saturated carbocycles. The van der Waals surface area contributed by atoms with Crippen molar-refractivity contribution >= 4 is 11.6 Å². The summed E-state index contributed by atoms with van der Waals surface area (Å²) < 4.78 is 5.74. The summed E-state index contributed by atoms with van der Waals surface area (Å²) in [4.78, 5) is 2.48. The van der Waals surface area contributed by atoms with Crippen molar-refractivity contribution in [3.8, 4) is 5.75 Å². The van der Waals surface area contributed by atoms with Gasteiger partial charge in [0.2, 0.25) is 0 Å². The average Bonchev–Trinajstić information content (AvgIpc) is 2.52. The molecule has 0 amide bonds. The standard InChI is InChI=1S/C18H28ClNO2/c1-3-12-22-18-8-7-15(19)13-16(18)17(21)9-11-20-10-5-4-6-14(20)2/h7-8,13-14,17,21H,3-6,9-12H2,1-2H3. The number of piperidine rings is 1. The van der Waals surface area contributed by atoms with Crippen LogP contribution in [0.15, 0.2) is 18.2 Å². The molecule has 1 saturated heterocycles. The third-order valence-corrected chi connectivity index (χ3v) is 4.66. The fourth-order valence-electron chi connectivity index (χ4n) is 3.06. The largest absolute Gasteiger partial charge is 0.493 e. The Morgan fingerprint density at radius 2 is 2.23 bits per heavy atom. The minimum absolute atomic E-state index is 0.528. The highest BCUT2D eigenvalue weighted by molar-refractivity contribution is 6.30. The highest BCUT2D eigenvalue weighted by Crippen LogP contribution is 2.31. The number of likely N-dealkylation sites (tertiary alicyclic amines) is 1. The maximum absolute atomic E-state index is 10.6. The molecule has 2 atom stereocenters. The quantitative estimate of drug-likeness (QED) is 0.805. The van der Waals surface area contributed by atoms with E-state index in [-0.39, 0.29) is 0 Å². The van der Waals surface area contributed by atoms with E-state index in [4.69, 9.17) is 16.3 Å². The van der Waals surface area contributed by atoms with Gasteiger partial charge in [-0.25, -0.2) is 0 Å². The van der Waals surface area contributed by atoms with E-state index in [2.05, 4.69) is 18.7 Å². The van der Waals surface area contributed by atoms with E-state index in [9.17, 15) is 5.11 Å². The number of benzene rings is 1. The van der Waals surface area contributed by atoms with E-state index < -0.39 is 6.10 Å². The molecular weight excluding hydrogens is 298 g/mol. The summed E-state index contributed by atoms with van der Waals surface area (Å²) in [6.45, 7) is 7.07. The van der Waals surface area contributed by atoms with Gasteiger partial charge in [-0.2, -0.15) is 0 Å². The van der Waals surface area contributed by atoms with Gasteiger partial charge in [-0.15, -0.1) is 0 Å². The van der Waals surface area contributed by atoms with Gasteiger partial charge in [-0.3, -0.25) is 0 Å². The summed E-state index contributed by atoms with van der Waals surface area (Å²) in [6.07, 6.45) is 4.99. The van der Waals surface area contributed by atoms with Crippen LogP contribution in [-0.4, -0.2) is 35.7 Å². The molecule has 1 aliphatic rings. The monoisotopic (exact) mass is 325 g/mol. The van der Waals surface area contributed by atoms with Crippen molar-refractivity contribution in [3.63, 3.8) is 0 Å². The zero-order chi connectivity index (χ0) is 15.9. The second kappa shape index (κ2) is 8.76. The maximum atomic E-state index is 10.6. The zero-order valence-corrected chi connectivity index (χ0v) is 14.5. The molecule has 0 aliphatic carbocycles. The van der Waals surface area contributed by atoms with Crippen LogP contribution in [0.1, 0.15) is 57.6 Å². The Kier molecular flexibility index (Phi) is 7.00. The number of nitrogens with zero attached hydrogens (tertiary/aromatic N) is 1. The Bertz CT molecular complexity index is 466. The van der Waals surface area contributed by atoms with Crippen LogP contribution in [0.5, 0.6) is 5.75 Å². The summed E-state index contributed by atoms with van der Waals surface area (Å²) >= 11 is 6.09. The predicted molar refractivity (Wildman–Crippen MR) is 91.7 cm³/mol. The van der Waals surface area contributed by atoms with Gasteiger partial charge in [0.1, 0.15) is 5.75 Å². The Morgan fingerprint density at radius 3 is 2.95 bits per heavy atom. The third kappa shape index (κ3) is 4.87. The van der Waals surface area contributed by atoms with Crippen LogP contribution in [0.3, 0.4) is 0 Å². The van der Waals surface area contributed by atoms with E-state index >= 15 is 0 Å². The molecule has 4 heteroatoms. The molecule has 1 fully saturated rings. The molecule has 2 unspecified atom stereocenters. The molecule has 1 aliphatic heterocycles. The lowest BCUT2D eigenvalue weighted by molar-refractivity contribution is 0.107. The summed E-state index contributed by atoms with van der Waals surface area (Å²) in [5.41, 5.74) is 0.811. The summed E-state index contributed by atoms with van der Waals surface area (Å²) in [5, 5.41) is 11.2. The molecule has 3 nitrogen and oxygen atoms in total. The number of ether oxygens (including phenoxy) is 1. The van der Waals surface area contributed by atoms with Crippen molar-refractivity contribution in [2.45, 2.75) is 58.1 Å². The van der Waals surface area contributed by atoms with Crippen LogP contribution in [0.4, 0.5) is 0 Å². The van der Waals surface area contributed by atoms with E-state index in [0.29, 0.717) is 24.1 Å². The number of aliphatic hydroxyl groups is 1. The molecular formula is C18H28ClNO2. The fourth-order valence-corrected chi connectivity index (χ4v) is 3.24. The number of aliphatic hydroxyl groups excluding tert-OH is 1. The topological polar surface area (TPSA) is 32.7 Å². The van der Waals surface area contributed by atoms with Crippen LogP contribution in [0.2, 0.25) is 5.02 Å². The highest BCUT2D eigenvalue weighted by Gasteiger charge is 2.20. The first kappa shape index (κ1) is 17.6. The lowest BCUT2D eigenvalue weighted by Crippen LogP contribution is -2.38. The van der Waals surface area contributed by atoms with Gasteiger partial charge in [0.05, 0.1) is 12.7 Å². The van der Waals surface area contributed by atoms with Crippen LogP contribution in [0.25, 0.3) is 0 Å². The second-order valence-electron chi connectivity index (χ2n) is 6.22. The molecule has 0 aromatic heterocycles. The van der Waals surface area contributed by atoms with Gasteiger partial charge in [0.15, 0.2) is 0 Å². The first-order valence-electron chi connectivity index (χ1n) is 8.46. The molecule has 124 valence electrons. The average molecular weight is 326 g/mol. The van der Waals surface area contributed by atoms with Gasteiger partial charge < -0.3 is 14.7 Å². The van der Waals surface area contributed by atoms with Gasteiger partial charge in [0.25, 0.3) is 0 Å². The molecule has 1 aromatic carbocycles. The summed E-state index contributed by atoms with van der Waals surface area (Å²) in [5.74, 6) is 0.755. The first-order chi connectivity index (χ1) is 10.6. The molecule has 1 heterocycles. The second-order valence-corrected chi connectivity index (χ2v) is 6.65. The zero-order valence-electron chi connectivity index (χ0n) is 13.7. The minimum atomic E-state index is -0.528. The normalized spacial score (nSPS) is 20.8. The number of rotatable bonds is 7. The Morgan fingerprint density at radius 1 is 1.41 bits per heavy atom. The first-order valence-corrected chi connectivity index (χ1v) is 8.84. The SMILES string of the molecule is CCCOc1ccc(Cl)cc1C(O)CCN1CCCCC1C. The van der Waals surface area contributed by atoms with Gasteiger partial charge in [0, 0.05) is 23.2 Å². The molecule has 1 aromatic rings. The van der Waals surface area contributed by atoms with Crippen LogP contribution < -0.4 is 4.74 Å². The number of halogens is 1. The van der Waals surface area contributed by atoms with Crippen molar-refractivity contribution in [1.29, 1.82) is 0 Å². The van der Waals surface area contributed by atoms with Crippen LogP contribution in [-0.2, 0) is 0 Å². The smallest absolute Gasteiger partial charge is 0.125 e. The van der Waals surface area contributed by atoms with Crippen molar-refractivity contribution in [2.75, 3.05) is 19.7 Å². The third-order valence-electron chi connectivity index (χ3n) is 4.42. The van der Waals surface area contributed by atoms with Crippen molar-refractivity contribution in [3.05, 3.63) is 28.8 Å². The van der Waals surface area contributed by atoms with E-state index in [1.165, 1.54) is 19.3 Å². The van der Waals surface area contributed by atoms with E-state index in [1.807, 2.05) is 18.2 Å². The van der Waals surface area contributed by atoms with Gasteiger partial charge >= 0.3 is 0 Å². The van der Waals surface area contributed by atoms with Crippen LogP contribution >= 0.6 is 11.6 Å². The van der Waals surface area contributed by atoms with E-state index in [0.717, 1.165) is 30.8 Å². The molecule has 1 N–H and O–H groups in total. The number of hydrogen-bond donors (Lipinski definition) is 1. The van der Waals surface area contributed by atoms with Gasteiger partial charge in [-0.05, 0) is 57.4 Å². The highest BCUT2D eigenvalue weighted by atomic mass is 35.5. The molecule has 22 heavy (non-hydrogen) atoms. The maximum Gasteiger partial charge on any atom is 0.125 e. The summed E-state index contributed by atoms with van der Waals surface area (Å²) in [6, 6.07) is 6.13. The number of hydrogen-bond acceptors (Lipinski definition) is 3. The van der Waals surface area contributed by atoms with Crippen molar-refractivity contribution < 1.29 is 9.84 Å². The Balaban J connectivity index is 1.98. The van der Waals surface area contributed by atoms with Crippen molar-refractivity contribution in [1.82, 2.24) is 4.90 Å². The minimum Gasteiger partial charge on any atom is -0.493 e. The molecule has 0 bridgehead atoms. The Labute approximate surface area is 139 Å². The lowest BCUT2D eigenvalue weighted by Gasteiger charge is -2.33. The predicted octanol–water partition coefficient (Wildman–Crippen LogP) is 4.43. The van der Waals surface area contributed by atoms with Crippen LogP contribution in [0, 0.1) is 0 Å². The fraction of sp³-hybridized carbons (Fsp3) is 0.667. The molecule has 0 spiro atoms. The van der Waals surface area contributed by atoms with E-state index in [1.54, 1.807) is 0 Å². The molecule has 0 radical (unpaired) electrons. The molecule has 2 rings (SSSR count). The van der Waals surface area contributed by atoms with Crippen molar-refractivity contribution in [2.24, 2.45) is 0 Å². The Hall–Kier alpha value is -0.770. The lowest BCUT2D eigenvalue weighted by atomic mass is 10.0. The van der Waals surface area contributed by atoms with Gasteiger partial charge in [-0.1, -0.05) is 24.9 Å². The summed E-state index contributed by atoms with van der Waals surface area (Å²) in [7, 11) is 0.